The molecule has 0 spiro atoms. The van der Waals surface area contributed by atoms with Gasteiger partial charge in [-0.1, -0.05) is 6.07 Å². The van der Waals surface area contributed by atoms with E-state index < -0.39 is 6.09 Å². The van der Waals surface area contributed by atoms with E-state index in [-0.39, 0.29) is 5.92 Å². The first-order valence-electron chi connectivity index (χ1n) is 6.90. The van der Waals surface area contributed by atoms with Crippen LogP contribution in [0.4, 0.5) is 10.6 Å². The van der Waals surface area contributed by atoms with Gasteiger partial charge in [-0.05, 0) is 25.0 Å². The number of hydrogen-bond donors (Lipinski definition) is 2. The first kappa shape index (κ1) is 13.4. The van der Waals surface area contributed by atoms with Gasteiger partial charge in [-0.3, -0.25) is 0 Å². The maximum absolute atomic E-state index is 10.9. The van der Waals surface area contributed by atoms with E-state index in [0.29, 0.717) is 24.7 Å². The Morgan fingerprint density at radius 2 is 2.10 bits per heavy atom. The Morgan fingerprint density at radius 1 is 1.33 bits per heavy atom. The highest BCUT2D eigenvalue weighted by Gasteiger charge is 2.25. The predicted octanol–water partition coefficient (Wildman–Crippen LogP) is 1.71. The number of hydrogen-bond acceptors (Lipinski definition) is 4. The van der Waals surface area contributed by atoms with E-state index in [1.54, 1.807) is 10.9 Å². The number of nitrogens with zero attached hydrogens (tertiary/aromatic N) is 4. The fraction of sp³-hybridized carbons (Fsp3) is 0.357. The first-order chi connectivity index (χ1) is 10.1. The monoisotopic (exact) mass is 287 g/mol. The van der Waals surface area contributed by atoms with Crippen molar-refractivity contribution in [3.63, 3.8) is 0 Å². The molecule has 0 radical (unpaired) electrons. The first-order valence-corrected chi connectivity index (χ1v) is 6.90. The van der Waals surface area contributed by atoms with Gasteiger partial charge in [0.05, 0.1) is 5.69 Å². The zero-order valence-electron chi connectivity index (χ0n) is 11.5. The average molecular weight is 287 g/mol. The van der Waals surface area contributed by atoms with Crippen LogP contribution < -0.4 is 5.73 Å². The largest absolute Gasteiger partial charge is 0.465 e. The van der Waals surface area contributed by atoms with E-state index in [0.717, 1.165) is 18.5 Å². The Kier molecular flexibility index (Phi) is 3.47. The van der Waals surface area contributed by atoms with Crippen LogP contribution in [0.1, 0.15) is 24.5 Å². The van der Waals surface area contributed by atoms with Crippen molar-refractivity contribution >= 4 is 11.9 Å². The second-order valence-electron chi connectivity index (χ2n) is 5.14. The van der Waals surface area contributed by atoms with Gasteiger partial charge in [-0.2, -0.15) is 9.78 Å². The number of nitrogen functional groups attached to an aromatic ring is 1. The number of pyridine rings is 1. The van der Waals surface area contributed by atoms with Crippen molar-refractivity contribution in [1.29, 1.82) is 0 Å². The average Bonchev–Trinajstić information content (AvgIpc) is 2.90. The van der Waals surface area contributed by atoms with Gasteiger partial charge in [0.2, 0.25) is 0 Å². The molecule has 0 bridgehead atoms. The summed E-state index contributed by atoms with van der Waals surface area (Å²) < 4.78 is 1.62. The van der Waals surface area contributed by atoms with E-state index in [1.807, 2.05) is 24.3 Å². The molecule has 1 saturated heterocycles. The molecule has 1 amide bonds. The van der Waals surface area contributed by atoms with E-state index in [2.05, 4.69) is 10.1 Å². The lowest BCUT2D eigenvalue weighted by molar-refractivity contribution is 0.131. The molecule has 3 rings (SSSR count). The van der Waals surface area contributed by atoms with E-state index in [9.17, 15) is 4.79 Å². The van der Waals surface area contributed by atoms with Gasteiger partial charge < -0.3 is 15.7 Å². The van der Waals surface area contributed by atoms with Crippen LogP contribution in [-0.4, -0.2) is 44.0 Å². The number of amides is 1. The fourth-order valence-corrected chi connectivity index (χ4v) is 2.64. The molecular formula is C14H17N5O2. The van der Waals surface area contributed by atoms with Crippen LogP contribution in [-0.2, 0) is 0 Å². The molecule has 7 heteroatoms. The molecule has 1 aliphatic heterocycles. The van der Waals surface area contributed by atoms with Gasteiger partial charge in [-0.25, -0.2) is 9.78 Å². The van der Waals surface area contributed by atoms with E-state index in [4.69, 9.17) is 10.8 Å². The Balaban J connectivity index is 1.78. The van der Waals surface area contributed by atoms with Crippen LogP contribution in [0.2, 0.25) is 0 Å². The summed E-state index contributed by atoms with van der Waals surface area (Å²) in [4.78, 5) is 16.6. The molecule has 110 valence electrons. The van der Waals surface area contributed by atoms with Crippen molar-refractivity contribution in [1.82, 2.24) is 19.7 Å². The van der Waals surface area contributed by atoms with Crippen LogP contribution in [0, 0.1) is 0 Å². The molecule has 21 heavy (non-hydrogen) atoms. The summed E-state index contributed by atoms with van der Waals surface area (Å²) in [6.45, 7) is 1.08. The summed E-state index contributed by atoms with van der Waals surface area (Å²) in [5.41, 5.74) is 6.92. The second kappa shape index (κ2) is 5.43. The van der Waals surface area contributed by atoms with Crippen molar-refractivity contribution in [2.24, 2.45) is 0 Å². The highest BCUT2D eigenvalue weighted by Crippen LogP contribution is 2.28. The lowest BCUT2D eigenvalue weighted by atomic mass is 9.94. The molecule has 2 aromatic rings. The van der Waals surface area contributed by atoms with Gasteiger partial charge in [0.1, 0.15) is 5.82 Å². The number of nitrogens with two attached hydrogens (primary N) is 1. The molecule has 7 nitrogen and oxygen atoms in total. The maximum Gasteiger partial charge on any atom is 0.407 e. The molecule has 0 atom stereocenters. The van der Waals surface area contributed by atoms with Crippen LogP contribution in [0.5, 0.6) is 0 Å². The summed E-state index contributed by atoms with van der Waals surface area (Å²) in [5.74, 6) is 1.47. The van der Waals surface area contributed by atoms with Gasteiger partial charge in [0.15, 0.2) is 5.82 Å². The molecule has 0 aromatic carbocycles. The van der Waals surface area contributed by atoms with Crippen LogP contribution in [0.15, 0.2) is 30.5 Å². The molecule has 0 aliphatic carbocycles. The van der Waals surface area contributed by atoms with E-state index in [1.165, 1.54) is 4.90 Å². The smallest absolute Gasteiger partial charge is 0.407 e. The predicted molar refractivity (Wildman–Crippen MR) is 77.3 cm³/mol. The molecule has 0 unspecified atom stereocenters. The molecular weight excluding hydrogens is 270 g/mol. The van der Waals surface area contributed by atoms with Crippen molar-refractivity contribution < 1.29 is 9.90 Å². The Labute approximate surface area is 122 Å². The molecule has 1 fully saturated rings. The second-order valence-corrected chi connectivity index (χ2v) is 5.14. The van der Waals surface area contributed by atoms with Crippen molar-refractivity contribution in [3.05, 3.63) is 36.2 Å². The molecule has 2 aromatic heterocycles. The van der Waals surface area contributed by atoms with Crippen LogP contribution in [0.25, 0.3) is 5.82 Å². The molecule has 0 saturated carbocycles. The topological polar surface area (TPSA) is 97.3 Å². The lowest BCUT2D eigenvalue weighted by Crippen LogP contribution is -2.36. The lowest BCUT2D eigenvalue weighted by Gasteiger charge is -2.28. The summed E-state index contributed by atoms with van der Waals surface area (Å²) in [7, 11) is 0. The number of carboxylic acid groups (broad SMARTS) is 1. The SMILES string of the molecule is Nc1cc(C2CCN(C(=O)O)CC2)nn1-c1ccccn1. The third kappa shape index (κ3) is 2.67. The summed E-state index contributed by atoms with van der Waals surface area (Å²) in [5, 5.41) is 13.5. The minimum absolute atomic E-state index is 0.243. The van der Waals surface area contributed by atoms with Gasteiger partial charge in [0, 0.05) is 31.3 Å². The van der Waals surface area contributed by atoms with Gasteiger partial charge in [0.25, 0.3) is 0 Å². The quantitative estimate of drug-likeness (QED) is 0.876. The summed E-state index contributed by atoms with van der Waals surface area (Å²) >= 11 is 0. The van der Waals surface area contributed by atoms with Crippen molar-refractivity contribution in [2.75, 3.05) is 18.8 Å². The van der Waals surface area contributed by atoms with Crippen LogP contribution >= 0.6 is 0 Å². The third-order valence-corrected chi connectivity index (χ3v) is 3.81. The minimum atomic E-state index is -0.855. The maximum atomic E-state index is 10.9. The molecule has 3 N–H and O–H groups in total. The molecule has 1 aliphatic rings. The number of piperidine rings is 1. The number of carbonyl (C=O) groups is 1. The van der Waals surface area contributed by atoms with Crippen LogP contribution in [0.3, 0.4) is 0 Å². The summed E-state index contributed by atoms with van der Waals surface area (Å²) in [6.07, 6.45) is 2.38. The molecule has 3 heterocycles. The third-order valence-electron chi connectivity index (χ3n) is 3.81. The Hall–Kier alpha value is -2.57. The van der Waals surface area contributed by atoms with E-state index >= 15 is 0 Å². The highest BCUT2D eigenvalue weighted by molar-refractivity contribution is 5.65. The zero-order chi connectivity index (χ0) is 14.8. The highest BCUT2D eigenvalue weighted by atomic mass is 16.4. The summed E-state index contributed by atoms with van der Waals surface area (Å²) in [6, 6.07) is 7.43. The Bertz CT molecular complexity index is 632. The minimum Gasteiger partial charge on any atom is -0.465 e. The standard InChI is InChI=1S/C14H17N5O2/c15-12-9-11(10-4-7-18(8-5-10)14(20)21)17-19(12)13-3-1-2-6-16-13/h1-3,6,9-10H,4-5,7-8,15H2,(H,20,21). The van der Waals surface area contributed by atoms with Crippen molar-refractivity contribution in [2.45, 2.75) is 18.8 Å². The number of rotatable bonds is 2. The normalized spacial score (nSPS) is 16.1. The Morgan fingerprint density at radius 3 is 2.71 bits per heavy atom. The zero-order valence-corrected chi connectivity index (χ0v) is 11.5. The van der Waals surface area contributed by atoms with Crippen molar-refractivity contribution in [3.8, 4) is 5.82 Å². The number of aromatic nitrogens is 3. The van der Waals surface area contributed by atoms with Gasteiger partial charge >= 0.3 is 6.09 Å². The fourth-order valence-electron chi connectivity index (χ4n) is 2.64. The number of anilines is 1. The van der Waals surface area contributed by atoms with Gasteiger partial charge in [-0.15, -0.1) is 0 Å². The number of likely N-dealkylation sites (tertiary alicyclic amines) is 1.